The maximum absolute atomic E-state index is 11.8. The molecule has 0 heterocycles. The Hall–Kier alpha value is -2.01. The molecule has 0 fully saturated rings. The molecule has 0 atom stereocenters. The van der Waals surface area contributed by atoms with E-state index in [1.807, 2.05) is 31.2 Å². The molecule has 0 bridgehead atoms. The Morgan fingerprint density at radius 2 is 1.75 bits per heavy atom. The van der Waals surface area contributed by atoms with Gasteiger partial charge in [-0.05, 0) is 55.2 Å². The van der Waals surface area contributed by atoms with E-state index in [0.717, 1.165) is 35.4 Å². The van der Waals surface area contributed by atoms with Crippen molar-refractivity contribution in [2.75, 3.05) is 26.5 Å². The predicted octanol–water partition coefficient (Wildman–Crippen LogP) is 4.07. The third-order valence-corrected chi connectivity index (χ3v) is 5.81. The summed E-state index contributed by atoms with van der Waals surface area (Å²) in [5.41, 5.74) is 2.71. The van der Waals surface area contributed by atoms with Crippen LogP contribution in [0.3, 0.4) is 0 Å². The number of sulfone groups is 1. The average Bonchev–Trinajstić information content (AvgIpc) is 2.73. The molecule has 0 saturated carbocycles. The molecule has 178 valence electrons. The molecule has 0 saturated heterocycles. The van der Waals surface area contributed by atoms with E-state index in [9.17, 15) is 8.42 Å². The summed E-state index contributed by atoms with van der Waals surface area (Å²) in [6.45, 7) is 8.25. The van der Waals surface area contributed by atoms with Crippen molar-refractivity contribution in [3.8, 4) is 11.5 Å². The summed E-state index contributed by atoms with van der Waals surface area (Å²) >= 11 is 0. The van der Waals surface area contributed by atoms with Gasteiger partial charge in [0.25, 0.3) is 0 Å². The number of aryl methyl sites for hydroxylation is 1. The Morgan fingerprint density at radius 3 is 2.34 bits per heavy atom. The Labute approximate surface area is 208 Å². The molecule has 2 N–H and O–H groups in total. The van der Waals surface area contributed by atoms with Crippen LogP contribution >= 0.6 is 24.0 Å². The molecule has 2 rings (SSSR count). The molecular weight excluding hydrogens is 541 g/mol. The normalized spacial score (nSPS) is 11.5. The van der Waals surface area contributed by atoms with E-state index in [4.69, 9.17) is 9.47 Å². The van der Waals surface area contributed by atoms with Gasteiger partial charge in [-0.2, -0.15) is 0 Å². The summed E-state index contributed by atoms with van der Waals surface area (Å²) in [6.07, 6.45) is 2.16. The van der Waals surface area contributed by atoms with Crippen LogP contribution in [0.15, 0.2) is 46.3 Å². The lowest BCUT2D eigenvalue weighted by molar-refractivity contribution is 0.294. The highest BCUT2D eigenvalue weighted by atomic mass is 127. The lowest BCUT2D eigenvalue weighted by Crippen LogP contribution is -2.36. The Balaban J connectivity index is 0.00000512. The number of benzene rings is 2. The van der Waals surface area contributed by atoms with E-state index >= 15 is 0 Å². The van der Waals surface area contributed by atoms with Gasteiger partial charge in [-0.3, -0.25) is 0 Å². The first-order valence-electron chi connectivity index (χ1n) is 10.4. The second-order valence-corrected chi connectivity index (χ2v) is 9.24. The maximum atomic E-state index is 11.8. The first-order valence-corrected chi connectivity index (χ1v) is 12.3. The predicted molar refractivity (Wildman–Crippen MR) is 140 cm³/mol. The van der Waals surface area contributed by atoms with Crippen LogP contribution in [0.1, 0.15) is 37.0 Å². The van der Waals surface area contributed by atoms with Crippen LogP contribution in [0.5, 0.6) is 11.5 Å². The molecule has 0 aliphatic carbocycles. The number of hydrogen-bond acceptors (Lipinski definition) is 5. The first-order chi connectivity index (χ1) is 14.8. The van der Waals surface area contributed by atoms with Crippen molar-refractivity contribution in [3.63, 3.8) is 0 Å². The van der Waals surface area contributed by atoms with Crippen molar-refractivity contribution in [2.45, 2.75) is 45.2 Å². The van der Waals surface area contributed by atoms with Gasteiger partial charge in [-0.15, -0.1) is 24.0 Å². The van der Waals surface area contributed by atoms with E-state index in [0.29, 0.717) is 36.3 Å². The van der Waals surface area contributed by atoms with E-state index in [-0.39, 0.29) is 24.0 Å². The number of methoxy groups -OCH3 is 1. The number of guanidine groups is 1. The van der Waals surface area contributed by atoms with Gasteiger partial charge in [0.15, 0.2) is 27.3 Å². The summed E-state index contributed by atoms with van der Waals surface area (Å²) in [5, 5.41) is 6.55. The molecular formula is C23H34IN3O4S. The van der Waals surface area contributed by atoms with Crippen molar-refractivity contribution < 1.29 is 17.9 Å². The number of aliphatic imine (C=N–C) groups is 1. The second-order valence-electron chi connectivity index (χ2n) is 7.25. The summed E-state index contributed by atoms with van der Waals surface area (Å²) in [5.74, 6) is 2.12. The summed E-state index contributed by atoms with van der Waals surface area (Å²) in [4.78, 5) is 4.97. The van der Waals surface area contributed by atoms with Gasteiger partial charge in [0, 0.05) is 19.3 Å². The van der Waals surface area contributed by atoms with Crippen molar-refractivity contribution in [1.29, 1.82) is 0 Å². The minimum Gasteiger partial charge on any atom is -0.493 e. The number of halogens is 1. The topological polar surface area (TPSA) is 89.0 Å². The van der Waals surface area contributed by atoms with Crippen LogP contribution < -0.4 is 20.1 Å². The molecule has 0 aromatic heterocycles. The molecule has 9 heteroatoms. The zero-order chi connectivity index (χ0) is 22.9. The summed E-state index contributed by atoms with van der Waals surface area (Å²) < 4.78 is 34.7. The zero-order valence-corrected chi connectivity index (χ0v) is 22.5. The molecule has 2 aromatic rings. The van der Waals surface area contributed by atoms with E-state index in [1.165, 1.54) is 6.26 Å². The number of ether oxygens (including phenoxy) is 2. The molecule has 0 spiro atoms. The summed E-state index contributed by atoms with van der Waals surface area (Å²) in [6, 6.07) is 11.2. The summed E-state index contributed by atoms with van der Waals surface area (Å²) in [7, 11) is -1.59. The third kappa shape index (κ3) is 8.50. The van der Waals surface area contributed by atoms with Crippen LogP contribution in [-0.4, -0.2) is 40.9 Å². The maximum Gasteiger partial charge on any atom is 0.191 e. The largest absolute Gasteiger partial charge is 0.493 e. The highest BCUT2D eigenvalue weighted by Crippen LogP contribution is 2.28. The van der Waals surface area contributed by atoms with Gasteiger partial charge < -0.3 is 20.1 Å². The fourth-order valence-corrected chi connectivity index (χ4v) is 4.04. The first kappa shape index (κ1) is 28.0. The molecule has 7 nitrogen and oxygen atoms in total. The monoisotopic (exact) mass is 575 g/mol. The minimum absolute atomic E-state index is 0. The molecule has 0 amide bonds. The molecule has 0 aliphatic heterocycles. The number of nitrogens with one attached hydrogen (secondary N) is 2. The van der Waals surface area contributed by atoms with Crippen molar-refractivity contribution in [2.24, 2.45) is 4.99 Å². The van der Waals surface area contributed by atoms with Gasteiger partial charge in [-0.25, -0.2) is 13.4 Å². The van der Waals surface area contributed by atoms with Crippen molar-refractivity contribution in [1.82, 2.24) is 10.6 Å². The van der Waals surface area contributed by atoms with Gasteiger partial charge in [0.1, 0.15) is 0 Å². The standard InChI is InChI=1S/C23H33N3O4S.HI/c1-6-12-30-20-10-8-19(14-21(20)29-4)16-26-23(24-7-2)25-15-18-9-11-22(17(3)13-18)31(5,27)28;/h8-11,13-14H,6-7,12,15-16H2,1-5H3,(H2,24,25,26);1H. The number of nitrogens with zero attached hydrogens (tertiary/aromatic N) is 1. The smallest absolute Gasteiger partial charge is 0.191 e. The molecule has 32 heavy (non-hydrogen) atoms. The van der Waals surface area contributed by atoms with Gasteiger partial charge >= 0.3 is 0 Å². The quantitative estimate of drug-likeness (QED) is 0.252. The fourth-order valence-electron chi connectivity index (χ4n) is 3.08. The van der Waals surface area contributed by atoms with Crippen LogP contribution in [0.2, 0.25) is 0 Å². The molecule has 2 aromatic carbocycles. The van der Waals surface area contributed by atoms with E-state index < -0.39 is 9.84 Å². The fraction of sp³-hybridized carbons (Fsp3) is 0.435. The zero-order valence-electron chi connectivity index (χ0n) is 19.4. The van der Waals surface area contributed by atoms with Gasteiger partial charge in [0.05, 0.1) is 25.2 Å². The third-order valence-electron chi connectivity index (χ3n) is 4.55. The highest BCUT2D eigenvalue weighted by Gasteiger charge is 2.11. The molecule has 0 aliphatic rings. The van der Waals surface area contributed by atoms with Crippen LogP contribution in [-0.2, 0) is 22.9 Å². The lowest BCUT2D eigenvalue weighted by Gasteiger charge is -2.14. The number of hydrogen-bond donors (Lipinski definition) is 2. The van der Waals surface area contributed by atoms with Crippen LogP contribution in [0.4, 0.5) is 0 Å². The van der Waals surface area contributed by atoms with Gasteiger partial charge in [0.2, 0.25) is 0 Å². The Morgan fingerprint density at radius 1 is 1.03 bits per heavy atom. The van der Waals surface area contributed by atoms with Crippen LogP contribution in [0.25, 0.3) is 0 Å². The van der Waals surface area contributed by atoms with Crippen LogP contribution in [0, 0.1) is 6.92 Å². The van der Waals surface area contributed by atoms with Gasteiger partial charge in [-0.1, -0.05) is 25.1 Å². The lowest BCUT2D eigenvalue weighted by atomic mass is 10.1. The second kappa shape index (κ2) is 13.5. The van der Waals surface area contributed by atoms with Crippen molar-refractivity contribution >= 4 is 39.8 Å². The molecule has 0 unspecified atom stereocenters. The number of rotatable bonds is 10. The average molecular weight is 576 g/mol. The van der Waals surface area contributed by atoms with Crippen molar-refractivity contribution in [3.05, 3.63) is 53.1 Å². The Kier molecular flexibility index (Phi) is 11.8. The van der Waals surface area contributed by atoms with E-state index in [2.05, 4.69) is 22.5 Å². The minimum atomic E-state index is -3.22. The SMILES string of the molecule is CCCOc1ccc(CNC(=NCc2ccc(S(C)(=O)=O)c(C)c2)NCC)cc1OC.I. The highest BCUT2D eigenvalue weighted by molar-refractivity contribution is 14.0. The molecule has 0 radical (unpaired) electrons. The van der Waals surface area contributed by atoms with E-state index in [1.54, 1.807) is 26.2 Å². The Bertz CT molecular complexity index is 1010.